The van der Waals surface area contributed by atoms with E-state index in [0.717, 1.165) is 34.5 Å². The van der Waals surface area contributed by atoms with E-state index >= 15 is 0 Å². The van der Waals surface area contributed by atoms with Gasteiger partial charge in [-0.1, -0.05) is 48.2 Å². The van der Waals surface area contributed by atoms with Gasteiger partial charge in [0.05, 0.1) is 12.2 Å². The Morgan fingerprint density at radius 3 is 2.56 bits per heavy atom. The molecule has 136 valence electrons. The molecule has 0 aliphatic carbocycles. The van der Waals surface area contributed by atoms with Crippen molar-refractivity contribution >= 4 is 11.8 Å². The van der Waals surface area contributed by atoms with E-state index in [1.165, 1.54) is 11.1 Å². The van der Waals surface area contributed by atoms with Crippen LogP contribution in [0.25, 0.3) is 17.1 Å². The topological polar surface area (TPSA) is 61.4 Å². The van der Waals surface area contributed by atoms with Crippen LogP contribution in [0.4, 0.5) is 0 Å². The van der Waals surface area contributed by atoms with Crippen molar-refractivity contribution in [3.05, 3.63) is 72.3 Å². The predicted molar refractivity (Wildman–Crippen MR) is 107 cm³/mol. The Balaban J connectivity index is 1.70. The number of benzene rings is 2. The van der Waals surface area contributed by atoms with Crippen molar-refractivity contribution in [2.75, 3.05) is 5.75 Å². The summed E-state index contributed by atoms with van der Waals surface area (Å²) in [6.07, 6.45) is 3.28. The maximum absolute atomic E-state index is 4.49. The lowest BCUT2D eigenvalue weighted by molar-refractivity contribution is 0.663. The van der Waals surface area contributed by atoms with Gasteiger partial charge in [0.2, 0.25) is 0 Å². The summed E-state index contributed by atoms with van der Waals surface area (Å²) in [5, 5.41) is 14.0. The van der Waals surface area contributed by atoms with Gasteiger partial charge in [-0.2, -0.15) is 5.10 Å². The van der Waals surface area contributed by atoms with E-state index in [1.807, 2.05) is 22.9 Å². The summed E-state index contributed by atoms with van der Waals surface area (Å²) in [5.41, 5.74) is 4.64. The number of hydrogen-bond donors (Lipinski definition) is 0. The summed E-state index contributed by atoms with van der Waals surface area (Å²) in [6, 6.07) is 16.6. The molecule has 2 aromatic heterocycles. The Morgan fingerprint density at radius 1 is 0.963 bits per heavy atom. The minimum Gasteiger partial charge on any atom is -0.270 e. The SMILES string of the molecule is Cc1ccc(-n2c(SCCn3cncn3)nnc2-c2ccccc2)cc1C. The Morgan fingerprint density at radius 2 is 1.81 bits per heavy atom. The first-order chi connectivity index (χ1) is 13.2. The van der Waals surface area contributed by atoms with Crippen LogP contribution in [0.3, 0.4) is 0 Å². The van der Waals surface area contributed by atoms with E-state index in [9.17, 15) is 0 Å². The van der Waals surface area contributed by atoms with Crippen molar-refractivity contribution in [2.24, 2.45) is 0 Å². The number of thioether (sulfide) groups is 1. The molecule has 0 aliphatic rings. The lowest BCUT2D eigenvalue weighted by Gasteiger charge is -2.12. The molecule has 0 spiro atoms. The second-order valence-corrected chi connectivity index (χ2v) is 7.35. The highest BCUT2D eigenvalue weighted by Gasteiger charge is 2.16. The minimum absolute atomic E-state index is 0.769. The largest absolute Gasteiger partial charge is 0.270 e. The Kier molecular flexibility index (Phi) is 5.02. The van der Waals surface area contributed by atoms with Crippen molar-refractivity contribution in [1.82, 2.24) is 29.5 Å². The quantitative estimate of drug-likeness (QED) is 0.477. The maximum atomic E-state index is 4.49. The fraction of sp³-hybridized carbons (Fsp3) is 0.200. The van der Waals surface area contributed by atoms with Crippen LogP contribution in [-0.4, -0.2) is 35.3 Å². The summed E-state index contributed by atoms with van der Waals surface area (Å²) in [6.45, 7) is 5.02. The molecule has 0 saturated heterocycles. The van der Waals surface area contributed by atoms with Crippen LogP contribution >= 0.6 is 11.8 Å². The average Bonchev–Trinajstić information content (AvgIpc) is 3.35. The van der Waals surface area contributed by atoms with E-state index in [1.54, 1.807) is 24.4 Å². The number of hydrogen-bond acceptors (Lipinski definition) is 5. The lowest BCUT2D eigenvalue weighted by atomic mass is 10.1. The van der Waals surface area contributed by atoms with Crippen LogP contribution in [0.2, 0.25) is 0 Å². The zero-order valence-electron chi connectivity index (χ0n) is 15.3. The van der Waals surface area contributed by atoms with Crippen LogP contribution in [0.15, 0.2) is 66.3 Å². The van der Waals surface area contributed by atoms with Gasteiger partial charge in [0, 0.05) is 11.3 Å². The molecule has 4 aromatic rings. The van der Waals surface area contributed by atoms with Crippen LogP contribution in [-0.2, 0) is 6.54 Å². The predicted octanol–water partition coefficient (Wildman–Crippen LogP) is 3.93. The summed E-state index contributed by atoms with van der Waals surface area (Å²) >= 11 is 1.67. The molecule has 4 rings (SSSR count). The molecular formula is C20H20N6S. The molecule has 27 heavy (non-hydrogen) atoms. The van der Waals surface area contributed by atoms with E-state index in [4.69, 9.17) is 0 Å². The van der Waals surface area contributed by atoms with Crippen LogP contribution in [0, 0.1) is 13.8 Å². The van der Waals surface area contributed by atoms with Gasteiger partial charge >= 0.3 is 0 Å². The molecule has 0 bridgehead atoms. The first kappa shape index (κ1) is 17.5. The van der Waals surface area contributed by atoms with Crippen molar-refractivity contribution in [1.29, 1.82) is 0 Å². The Hall–Kier alpha value is -2.93. The third-order valence-electron chi connectivity index (χ3n) is 4.43. The standard InChI is InChI=1S/C20H20N6S/c1-15-8-9-18(12-16(15)2)26-19(17-6-4-3-5-7-17)23-24-20(26)27-11-10-25-14-21-13-22-25/h3-9,12-14H,10-11H2,1-2H3. The van der Waals surface area contributed by atoms with E-state index in [2.05, 4.69) is 69.0 Å². The highest BCUT2D eigenvalue weighted by atomic mass is 32.2. The van der Waals surface area contributed by atoms with Crippen molar-refractivity contribution in [3.63, 3.8) is 0 Å². The van der Waals surface area contributed by atoms with Gasteiger partial charge in [-0.15, -0.1) is 10.2 Å². The first-order valence-corrected chi connectivity index (χ1v) is 9.74. The molecule has 2 aromatic carbocycles. The normalized spacial score (nSPS) is 11.0. The monoisotopic (exact) mass is 376 g/mol. The van der Waals surface area contributed by atoms with Gasteiger partial charge in [-0.25, -0.2) is 4.98 Å². The van der Waals surface area contributed by atoms with Gasteiger partial charge in [0.1, 0.15) is 12.7 Å². The number of aryl methyl sites for hydroxylation is 3. The van der Waals surface area contributed by atoms with Crippen molar-refractivity contribution in [3.8, 4) is 17.1 Å². The summed E-state index contributed by atoms with van der Waals surface area (Å²) in [4.78, 5) is 3.98. The maximum Gasteiger partial charge on any atom is 0.196 e. The molecule has 0 atom stereocenters. The van der Waals surface area contributed by atoms with Crippen LogP contribution < -0.4 is 0 Å². The van der Waals surface area contributed by atoms with Gasteiger partial charge in [0.15, 0.2) is 11.0 Å². The second kappa shape index (κ2) is 7.75. The fourth-order valence-electron chi connectivity index (χ4n) is 2.81. The lowest BCUT2D eigenvalue weighted by Crippen LogP contribution is -2.04. The summed E-state index contributed by atoms with van der Waals surface area (Å²) in [7, 11) is 0. The second-order valence-electron chi connectivity index (χ2n) is 6.28. The molecule has 0 aliphatic heterocycles. The molecule has 0 saturated carbocycles. The molecule has 0 N–H and O–H groups in total. The van der Waals surface area contributed by atoms with Gasteiger partial charge in [0.25, 0.3) is 0 Å². The first-order valence-electron chi connectivity index (χ1n) is 8.76. The van der Waals surface area contributed by atoms with Gasteiger partial charge in [-0.3, -0.25) is 9.25 Å². The minimum atomic E-state index is 0.769. The molecule has 0 unspecified atom stereocenters. The Labute approximate surface area is 162 Å². The average molecular weight is 376 g/mol. The Bertz CT molecular complexity index is 1020. The van der Waals surface area contributed by atoms with Gasteiger partial charge in [-0.05, 0) is 37.1 Å². The van der Waals surface area contributed by atoms with E-state index < -0.39 is 0 Å². The van der Waals surface area contributed by atoms with E-state index in [0.29, 0.717) is 0 Å². The van der Waals surface area contributed by atoms with Gasteiger partial charge < -0.3 is 0 Å². The highest BCUT2D eigenvalue weighted by molar-refractivity contribution is 7.99. The molecule has 0 radical (unpaired) electrons. The van der Waals surface area contributed by atoms with E-state index in [-0.39, 0.29) is 0 Å². The highest BCUT2D eigenvalue weighted by Crippen LogP contribution is 2.28. The van der Waals surface area contributed by atoms with Crippen molar-refractivity contribution < 1.29 is 0 Å². The molecule has 2 heterocycles. The summed E-state index contributed by atoms with van der Waals surface area (Å²) < 4.78 is 3.95. The van der Waals surface area contributed by atoms with Crippen molar-refractivity contribution in [2.45, 2.75) is 25.5 Å². The molecular weight excluding hydrogens is 356 g/mol. The number of nitrogens with zero attached hydrogens (tertiary/aromatic N) is 6. The number of aromatic nitrogens is 6. The fourth-order valence-corrected chi connectivity index (χ4v) is 3.69. The molecule has 0 amide bonds. The molecule has 0 fully saturated rings. The third kappa shape index (κ3) is 3.78. The zero-order chi connectivity index (χ0) is 18.6. The molecule has 6 nitrogen and oxygen atoms in total. The van der Waals surface area contributed by atoms with Crippen LogP contribution in [0.5, 0.6) is 0 Å². The van der Waals surface area contributed by atoms with Crippen LogP contribution in [0.1, 0.15) is 11.1 Å². The number of rotatable bonds is 6. The molecule has 7 heteroatoms. The summed E-state index contributed by atoms with van der Waals surface area (Å²) in [5.74, 6) is 1.68. The smallest absolute Gasteiger partial charge is 0.196 e. The third-order valence-corrected chi connectivity index (χ3v) is 5.34. The zero-order valence-corrected chi connectivity index (χ0v) is 16.1.